The summed E-state index contributed by atoms with van der Waals surface area (Å²) in [7, 11) is 0. The molecule has 2 aromatic carbocycles. The normalized spacial score (nSPS) is 10.7. The number of aryl methyl sites for hydroxylation is 1. The molecule has 2 aromatic heterocycles. The third kappa shape index (κ3) is 3.96. The van der Waals surface area contributed by atoms with Gasteiger partial charge in [0.2, 0.25) is 11.7 Å². The molecule has 0 aliphatic rings. The van der Waals surface area contributed by atoms with Gasteiger partial charge >= 0.3 is 0 Å². The Morgan fingerprint density at radius 3 is 2.81 bits per heavy atom. The van der Waals surface area contributed by atoms with Gasteiger partial charge in [0.1, 0.15) is 0 Å². The van der Waals surface area contributed by atoms with Crippen LogP contribution in [0.2, 0.25) is 0 Å². The topological polar surface area (TPSA) is 68.0 Å². The Morgan fingerprint density at radius 1 is 1.11 bits per heavy atom. The van der Waals surface area contributed by atoms with Crippen molar-refractivity contribution >= 4 is 22.9 Å². The van der Waals surface area contributed by atoms with E-state index in [2.05, 4.69) is 15.5 Å². The fourth-order valence-electron chi connectivity index (χ4n) is 2.77. The van der Waals surface area contributed by atoms with Crippen LogP contribution in [0, 0.1) is 6.92 Å². The number of carbonyl (C=O) groups is 1. The van der Waals surface area contributed by atoms with E-state index in [1.165, 1.54) is 0 Å². The van der Waals surface area contributed by atoms with Crippen molar-refractivity contribution in [3.05, 3.63) is 88.6 Å². The van der Waals surface area contributed by atoms with Gasteiger partial charge in [-0.1, -0.05) is 47.1 Å². The lowest BCUT2D eigenvalue weighted by Crippen LogP contribution is -2.13. The maximum absolute atomic E-state index is 12.6. The number of hydrogen-bond acceptors (Lipinski definition) is 5. The molecule has 0 spiro atoms. The molecule has 0 radical (unpaired) electrons. The van der Waals surface area contributed by atoms with Crippen LogP contribution in [-0.2, 0) is 6.42 Å². The summed E-state index contributed by atoms with van der Waals surface area (Å²) in [5.41, 5.74) is 3.32. The van der Waals surface area contributed by atoms with Gasteiger partial charge in [0.25, 0.3) is 5.91 Å². The van der Waals surface area contributed by atoms with E-state index in [9.17, 15) is 4.79 Å². The molecule has 2 heterocycles. The number of para-hydroxylation sites is 1. The SMILES string of the molecule is Cc1cccc(C(=O)Nc2ccccc2Cc2nc(-c3cccs3)no2)c1. The fraction of sp³-hybridized carbons (Fsp3) is 0.0952. The number of aromatic nitrogens is 2. The van der Waals surface area contributed by atoms with Gasteiger partial charge < -0.3 is 9.84 Å². The van der Waals surface area contributed by atoms with Crippen molar-refractivity contribution < 1.29 is 9.32 Å². The average molecular weight is 375 g/mol. The molecule has 0 unspecified atom stereocenters. The average Bonchev–Trinajstić information content (AvgIpc) is 3.35. The van der Waals surface area contributed by atoms with Crippen LogP contribution in [-0.4, -0.2) is 16.0 Å². The Morgan fingerprint density at radius 2 is 2.00 bits per heavy atom. The van der Waals surface area contributed by atoms with E-state index >= 15 is 0 Å². The molecule has 0 bridgehead atoms. The molecule has 0 fully saturated rings. The first-order valence-electron chi connectivity index (χ1n) is 8.51. The van der Waals surface area contributed by atoms with Gasteiger partial charge in [0.15, 0.2) is 0 Å². The minimum Gasteiger partial charge on any atom is -0.339 e. The van der Waals surface area contributed by atoms with Crippen LogP contribution in [0.3, 0.4) is 0 Å². The molecule has 0 saturated carbocycles. The van der Waals surface area contributed by atoms with Gasteiger partial charge in [-0.25, -0.2) is 0 Å². The van der Waals surface area contributed by atoms with Crippen molar-refractivity contribution in [1.82, 2.24) is 10.1 Å². The van der Waals surface area contributed by atoms with Gasteiger partial charge in [-0.05, 0) is 42.1 Å². The van der Waals surface area contributed by atoms with E-state index in [1.54, 1.807) is 17.4 Å². The van der Waals surface area contributed by atoms with Crippen molar-refractivity contribution in [2.45, 2.75) is 13.3 Å². The number of benzene rings is 2. The number of nitrogens with one attached hydrogen (secondary N) is 1. The maximum atomic E-state index is 12.6. The Labute approximate surface area is 160 Å². The largest absolute Gasteiger partial charge is 0.339 e. The Kier molecular flexibility index (Phi) is 4.80. The number of rotatable bonds is 5. The second-order valence-electron chi connectivity index (χ2n) is 6.15. The van der Waals surface area contributed by atoms with Crippen molar-refractivity contribution in [3.63, 3.8) is 0 Å². The molecule has 134 valence electrons. The Balaban J connectivity index is 1.54. The summed E-state index contributed by atoms with van der Waals surface area (Å²) < 4.78 is 5.39. The van der Waals surface area contributed by atoms with E-state index < -0.39 is 0 Å². The number of hydrogen-bond donors (Lipinski definition) is 1. The van der Waals surface area contributed by atoms with Gasteiger partial charge in [-0.2, -0.15) is 4.98 Å². The molecule has 0 atom stereocenters. The van der Waals surface area contributed by atoms with Crippen LogP contribution in [0.15, 0.2) is 70.6 Å². The Hall–Kier alpha value is -3.25. The lowest BCUT2D eigenvalue weighted by atomic mass is 10.1. The van der Waals surface area contributed by atoms with Crippen LogP contribution < -0.4 is 5.32 Å². The molecule has 1 N–H and O–H groups in total. The summed E-state index contributed by atoms with van der Waals surface area (Å²) in [6.07, 6.45) is 0.447. The molecule has 4 rings (SSSR count). The minimum atomic E-state index is -0.143. The number of anilines is 1. The summed E-state index contributed by atoms with van der Waals surface area (Å²) in [5, 5.41) is 9.00. The molecule has 0 saturated heterocycles. The zero-order valence-electron chi connectivity index (χ0n) is 14.7. The molecule has 27 heavy (non-hydrogen) atoms. The van der Waals surface area contributed by atoms with Crippen LogP contribution in [0.5, 0.6) is 0 Å². The summed E-state index contributed by atoms with van der Waals surface area (Å²) in [6.45, 7) is 1.96. The third-order valence-corrected chi connectivity index (χ3v) is 4.96. The maximum Gasteiger partial charge on any atom is 0.255 e. The first kappa shape index (κ1) is 17.2. The monoisotopic (exact) mass is 375 g/mol. The minimum absolute atomic E-state index is 0.143. The van der Waals surface area contributed by atoms with Crippen molar-refractivity contribution in [3.8, 4) is 10.7 Å². The smallest absolute Gasteiger partial charge is 0.255 e. The second kappa shape index (κ2) is 7.55. The van der Waals surface area contributed by atoms with E-state index in [-0.39, 0.29) is 5.91 Å². The second-order valence-corrected chi connectivity index (χ2v) is 7.09. The summed E-state index contributed by atoms with van der Waals surface area (Å²) in [6, 6.07) is 19.0. The van der Waals surface area contributed by atoms with E-state index in [4.69, 9.17) is 4.52 Å². The van der Waals surface area contributed by atoms with Crippen LogP contribution >= 0.6 is 11.3 Å². The Bertz CT molecular complexity index is 1070. The molecule has 0 aliphatic heterocycles. The number of nitrogens with zero attached hydrogens (tertiary/aromatic N) is 2. The third-order valence-electron chi connectivity index (χ3n) is 4.10. The number of thiophene rings is 1. The zero-order valence-corrected chi connectivity index (χ0v) is 15.5. The predicted molar refractivity (Wildman–Crippen MR) is 106 cm³/mol. The highest BCUT2D eigenvalue weighted by Crippen LogP contribution is 2.24. The van der Waals surface area contributed by atoms with Gasteiger partial charge in [-0.3, -0.25) is 4.79 Å². The highest BCUT2D eigenvalue weighted by atomic mass is 32.1. The van der Waals surface area contributed by atoms with E-state index in [0.717, 1.165) is 21.7 Å². The van der Waals surface area contributed by atoms with Crippen LogP contribution in [0.1, 0.15) is 27.4 Å². The van der Waals surface area contributed by atoms with Gasteiger partial charge in [0.05, 0.1) is 11.3 Å². The quantitative estimate of drug-likeness (QED) is 0.536. The van der Waals surface area contributed by atoms with Crippen LogP contribution in [0.25, 0.3) is 10.7 Å². The molecule has 5 nitrogen and oxygen atoms in total. The van der Waals surface area contributed by atoms with Crippen molar-refractivity contribution in [2.75, 3.05) is 5.32 Å². The highest BCUT2D eigenvalue weighted by Gasteiger charge is 2.14. The van der Waals surface area contributed by atoms with Gasteiger partial charge in [-0.15, -0.1) is 11.3 Å². The zero-order chi connectivity index (χ0) is 18.6. The lowest BCUT2D eigenvalue weighted by molar-refractivity contribution is 0.102. The fourth-order valence-corrected chi connectivity index (χ4v) is 3.42. The van der Waals surface area contributed by atoms with Gasteiger partial charge in [0, 0.05) is 11.3 Å². The first-order chi connectivity index (χ1) is 13.2. The summed E-state index contributed by atoms with van der Waals surface area (Å²) in [4.78, 5) is 18.0. The molecule has 6 heteroatoms. The first-order valence-corrected chi connectivity index (χ1v) is 9.39. The standard InChI is InChI=1S/C21H17N3O2S/c1-14-6-4-8-16(12-14)21(25)22-17-9-3-2-7-15(17)13-19-23-20(24-26-19)18-10-5-11-27-18/h2-12H,13H2,1H3,(H,22,25). The molecular formula is C21H17N3O2S. The molecule has 0 aliphatic carbocycles. The summed E-state index contributed by atoms with van der Waals surface area (Å²) in [5.74, 6) is 0.952. The van der Waals surface area contributed by atoms with E-state index in [0.29, 0.717) is 23.7 Å². The molecule has 4 aromatic rings. The summed E-state index contributed by atoms with van der Waals surface area (Å²) >= 11 is 1.56. The molecular weight excluding hydrogens is 358 g/mol. The van der Waals surface area contributed by atoms with Crippen LogP contribution in [0.4, 0.5) is 5.69 Å². The van der Waals surface area contributed by atoms with Crippen molar-refractivity contribution in [2.24, 2.45) is 0 Å². The molecule has 1 amide bonds. The van der Waals surface area contributed by atoms with E-state index in [1.807, 2.05) is 66.9 Å². The lowest BCUT2D eigenvalue weighted by Gasteiger charge is -2.10. The number of carbonyl (C=O) groups excluding carboxylic acids is 1. The highest BCUT2D eigenvalue weighted by molar-refractivity contribution is 7.13. The van der Waals surface area contributed by atoms with Crippen molar-refractivity contribution in [1.29, 1.82) is 0 Å². The number of amides is 1. The predicted octanol–water partition coefficient (Wildman–Crippen LogP) is 4.95.